The summed E-state index contributed by atoms with van der Waals surface area (Å²) < 4.78 is 0. The van der Waals surface area contributed by atoms with E-state index in [0.29, 0.717) is 12.1 Å². The second-order valence-corrected chi connectivity index (χ2v) is 11.3. The number of carbonyl (C=O) groups excluding carboxylic acids is 1. The molecule has 1 aliphatic heterocycles. The van der Waals surface area contributed by atoms with E-state index in [2.05, 4.69) is 92.2 Å². The highest BCUT2D eigenvalue weighted by atomic mass is 16.3. The van der Waals surface area contributed by atoms with Crippen LogP contribution in [0.2, 0.25) is 0 Å². The van der Waals surface area contributed by atoms with Gasteiger partial charge in [0.2, 0.25) is 0 Å². The molecule has 6 heteroatoms. The first-order valence-corrected chi connectivity index (χ1v) is 12.1. The Labute approximate surface area is 204 Å². The number of aromatic hydroxyl groups is 1. The number of phenols is 1. The van der Waals surface area contributed by atoms with Crippen molar-refractivity contribution < 1.29 is 9.90 Å². The van der Waals surface area contributed by atoms with E-state index < -0.39 is 0 Å². The van der Waals surface area contributed by atoms with Crippen LogP contribution in [0.15, 0.2) is 47.6 Å². The summed E-state index contributed by atoms with van der Waals surface area (Å²) >= 11 is 0. The summed E-state index contributed by atoms with van der Waals surface area (Å²) in [7, 11) is 0. The van der Waals surface area contributed by atoms with E-state index in [1.807, 2.05) is 12.1 Å². The molecule has 184 valence electrons. The van der Waals surface area contributed by atoms with Gasteiger partial charge in [-0.25, -0.2) is 5.43 Å². The molecular weight excluding hydrogens is 424 g/mol. The van der Waals surface area contributed by atoms with Crippen molar-refractivity contribution in [2.45, 2.75) is 58.9 Å². The minimum Gasteiger partial charge on any atom is -0.507 e. The average molecular weight is 465 g/mol. The molecule has 1 amide bonds. The second-order valence-electron chi connectivity index (χ2n) is 11.3. The van der Waals surface area contributed by atoms with E-state index in [-0.39, 0.29) is 22.5 Å². The number of benzene rings is 2. The average Bonchev–Trinajstić information content (AvgIpc) is 2.75. The molecule has 0 bridgehead atoms. The Bertz CT molecular complexity index is 996. The number of hydrazone groups is 1. The first-order valence-electron chi connectivity index (χ1n) is 12.1. The SMILES string of the molecule is CC(C)(C)c1cc(C=NNC(=O)CN2CCN(Cc3ccccc3)CC2)c(O)c(C(C)(C)C)c1. The van der Waals surface area contributed by atoms with Crippen LogP contribution in [0.4, 0.5) is 0 Å². The zero-order valence-corrected chi connectivity index (χ0v) is 21.6. The molecule has 1 saturated heterocycles. The molecule has 34 heavy (non-hydrogen) atoms. The fourth-order valence-electron chi connectivity index (χ4n) is 4.12. The van der Waals surface area contributed by atoms with Gasteiger partial charge in [-0.2, -0.15) is 5.10 Å². The molecular formula is C28H40N4O2. The quantitative estimate of drug-likeness (QED) is 0.495. The van der Waals surface area contributed by atoms with Crippen LogP contribution in [0.3, 0.4) is 0 Å². The van der Waals surface area contributed by atoms with E-state index in [4.69, 9.17) is 0 Å². The van der Waals surface area contributed by atoms with Gasteiger partial charge in [-0.05, 0) is 28.0 Å². The van der Waals surface area contributed by atoms with Gasteiger partial charge < -0.3 is 5.11 Å². The molecule has 2 aromatic rings. The fourth-order valence-corrected chi connectivity index (χ4v) is 4.12. The topological polar surface area (TPSA) is 68.2 Å². The number of nitrogens with one attached hydrogen (secondary N) is 1. The molecule has 1 fully saturated rings. The third kappa shape index (κ3) is 7.15. The van der Waals surface area contributed by atoms with Gasteiger partial charge in [0.15, 0.2) is 0 Å². The predicted molar refractivity (Wildman–Crippen MR) is 139 cm³/mol. The lowest BCUT2D eigenvalue weighted by atomic mass is 9.79. The van der Waals surface area contributed by atoms with E-state index in [1.54, 1.807) is 6.21 Å². The van der Waals surface area contributed by atoms with Crippen molar-refractivity contribution in [3.05, 3.63) is 64.7 Å². The van der Waals surface area contributed by atoms with Crippen molar-refractivity contribution in [3.8, 4) is 5.75 Å². The van der Waals surface area contributed by atoms with Gasteiger partial charge in [0.1, 0.15) is 5.75 Å². The summed E-state index contributed by atoms with van der Waals surface area (Å²) in [5.41, 5.74) is 6.29. The summed E-state index contributed by atoms with van der Waals surface area (Å²) in [6.07, 6.45) is 1.55. The molecule has 0 spiro atoms. The van der Waals surface area contributed by atoms with Crippen LogP contribution in [0.1, 0.15) is 63.8 Å². The Morgan fingerprint density at radius 3 is 2.18 bits per heavy atom. The Kier molecular flexibility index (Phi) is 8.16. The Morgan fingerprint density at radius 2 is 1.59 bits per heavy atom. The molecule has 2 aromatic carbocycles. The summed E-state index contributed by atoms with van der Waals surface area (Å²) in [5, 5.41) is 15.0. The molecule has 1 aliphatic rings. The monoisotopic (exact) mass is 464 g/mol. The Balaban J connectivity index is 1.56. The standard InChI is InChI=1S/C28H40N4O2/c1-27(2,3)23-16-22(26(34)24(17-23)28(4,5)6)18-29-30-25(33)20-32-14-12-31(13-15-32)19-21-10-8-7-9-11-21/h7-11,16-18,34H,12-15,19-20H2,1-6H3,(H,30,33). The van der Waals surface area contributed by atoms with Crippen molar-refractivity contribution in [1.29, 1.82) is 0 Å². The van der Waals surface area contributed by atoms with E-state index in [0.717, 1.165) is 43.9 Å². The van der Waals surface area contributed by atoms with Crippen molar-refractivity contribution in [3.63, 3.8) is 0 Å². The summed E-state index contributed by atoms with van der Waals surface area (Å²) in [5.74, 6) is 0.0725. The predicted octanol–water partition coefficient (Wildman–Crippen LogP) is 4.26. The van der Waals surface area contributed by atoms with Crippen LogP contribution in [-0.2, 0) is 22.2 Å². The number of hydrogen-bond acceptors (Lipinski definition) is 5. The molecule has 6 nitrogen and oxygen atoms in total. The van der Waals surface area contributed by atoms with E-state index >= 15 is 0 Å². The van der Waals surface area contributed by atoms with Gasteiger partial charge in [-0.3, -0.25) is 14.6 Å². The third-order valence-electron chi connectivity index (χ3n) is 6.29. The molecule has 3 rings (SSSR count). The molecule has 1 heterocycles. The second kappa shape index (κ2) is 10.7. The van der Waals surface area contributed by atoms with Gasteiger partial charge in [0.05, 0.1) is 12.8 Å². The van der Waals surface area contributed by atoms with Crippen LogP contribution in [0, 0.1) is 0 Å². The van der Waals surface area contributed by atoms with Crippen LogP contribution in [0.5, 0.6) is 5.75 Å². The van der Waals surface area contributed by atoms with Gasteiger partial charge in [-0.1, -0.05) is 77.9 Å². The number of amides is 1. The number of hydrogen-bond donors (Lipinski definition) is 2. The Hall–Kier alpha value is -2.70. The molecule has 0 aliphatic carbocycles. The van der Waals surface area contributed by atoms with Crippen LogP contribution in [-0.4, -0.2) is 59.8 Å². The third-order valence-corrected chi connectivity index (χ3v) is 6.29. The van der Waals surface area contributed by atoms with Gasteiger partial charge in [-0.15, -0.1) is 0 Å². The summed E-state index contributed by atoms with van der Waals surface area (Å²) in [6, 6.07) is 14.5. The zero-order valence-electron chi connectivity index (χ0n) is 21.6. The zero-order chi connectivity index (χ0) is 24.9. The van der Waals surface area contributed by atoms with Crippen molar-refractivity contribution >= 4 is 12.1 Å². The van der Waals surface area contributed by atoms with Gasteiger partial charge >= 0.3 is 0 Å². The molecule has 0 atom stereocenters. The van der Waals surface area contributed by atoms with Crippen molar-refractivity contribution in [2.24, 2.45) is 5.10 Å². The normalized spacial score (nSPS) is 16.2. The lowest BCUT2D eigenvalue weighted by Crippen LogP contribution is -2.48. The first-order chi connectivity index (χ1) is 15.9. The minimum atomic E-state index is -0.208. The number of nitrogens with zero attached hydrogens (tertiary/aromatic N) is 3. The maximum absolute atomic E-state index is 12.5. The lowest BCUT2D eigenvalue weighted by Gasteiger charge is -2.34. The van der Waals surface area contributed by atoms with Crippen molar-refractivity contribution in [2.75, 3.05) is 32.7 Å². The van der Waals surface area contributed by atoms with E-state index in [9.17, 15) is 9.90 Å². The maximum Gasteiger partial charge on any atom is 0.254 e. The highest BCUT2D eigenvalue weighted by molar-refractivity contribution is 5.86. The molecule has 0 unspecified atom stereocenters. The lowest BCUT2D eigenvalue weighted by molar-refractivity contribution is -0.122. The van der Waals surface area contributed by atoms with E-state index in [1.165, 1.54) is 5.56 Å². The van der Waals surface area contributed by atoms with Gasteiger partial charge in [0, 0.05) is 43.9 Å². The smallest absolute Gasteiger partial charge is 0.254 e. The highest BCUT2D eigenvalue weighted by Crippen LogP contribution is 2.37. The molecule has 2 N–H and O–H groups in total. The number of rotatable bonds is 6. The van der Waals surface area contributed by atoms with Crippen molar-refractivity contribution in [1.82, 2.24) is 15.2 Å². The minimum absolute atomic E-state index is 0.0673. The highest BCUT2D eigenvalue weighted by Gasteiger charge is 2.24. The molecule has 0 saturated carbocycles. The molecule has 0 aromatic heterocycles. The maximum atomic E-state index is 12.5. The van der Waals surface area contributed by atoms with Crippen LogP contribution in [0.25, 0.3) is 0 Å². The van der Waals surface area contributed by atoms with Crippen LogP contribution >= 0.6 is 0 Å². The first kappa shape index (κ1) is 25.9. The summed E-state index contributed by atoms with van der Waals surface area (Å²) in [6.45, 7) is 17.5. The Morgan fingerprint density at radius 1 is 0.971 bits per heavy atom. The van der Waals surface area contributed by atoms with Gasteiger partial charge in [0.25, 0.3) is 5.91 Å². The summed E-state index contributed by atoms with van der Waals surface area (Å²) in [4.78, 5) is 17.0. The molecule has 0 radical (unpaired) electrons. The van der Waals surface area contributed by atoms with Crippen LogP contribution < -0.4 is 5.43 Å². The fraction of sp³-hybridized carbons (Fsp3) is 0.500. The largest absolute Gasteiger partial charge is 0.507 e. The number of piperazine rings is 1. The number of carbonyl (C=O) groups is 1. The number of phenolic OH excluding ortho intramolecular Hbond substituents is 1.